The van der Waals surface area contributed by atoms with E-state index < -0.39 is 5.97 Å². The van der Waals surface area contributed by atoms with Crippen LogP contribution in [0.1, 0.15) is 16.1 Å². The quantitative estimate of drug-likeness (QED) is 0.561. The SMILES string of the molecule is Cl.NNCc1c(C(=O)O)oc2ccccc12. The summed E-state index contributed by atoms with van der Waals surface area (Å²) in [6.45, 7) is 0.263. The molecule has 6 heteroatoms. The van der Waals surface area contributed by atoms with Gasteiger partial charge in [0.25, 0.3) is 0 Å². The van der Waals surface area contributed by atoms with E-state index in [4.69, 9.17) is 15.4 Å². The number of benzene rings is 1. The third-order valence-corrected chi connectivity index (χ3v) is 2.17. The topological polar surface area (TPSA) is 88.5 Å². The Bertz CT molecular complexity index is 510. The van der Waals surface area contributed by atoms with Crippen molar-refractivity contribution in [2.75, 3.05) is 0 Å². The van der Waals surface area contributed by atoms with Gasteiger partial charge in [-0.15, -0.1) is 12.4 Å². The van der Waals surface area contributed by atoms with Gasteiger partial charge in [0, 0.05) is 17.5 Å². The van der Waals surface area contributed by atoms with Gasteiger partial charge in [-0.05, 0) is 6.07 Å². The number of halogens is 1. The molecule has 2 rings (SSSR count). The predicted molar refractivity (Wildman–Crippen MR) is 61.4 cm³/mol. The van der Waals surface area contributed by atoms with Crippen molar-refractivity contribution in [2.24, 2.45) is 5.84 Å². The first kappa shape index (κ1) is 12.5. The number of nitrogens with two attached hydrogens (primary N) is 1. The number of carbonyl (C=O) groups is 1. The van der Waals surface area contributed by atoms with Crippen LogP contribution in [0.4, 0.5) is 0 Å². The Morgan fingerprint density at radius 1 is 1.44 bits per heavy atom. The molecule has 0 radical (unpaired) electrons. The van der Waals surface area contributed by atoms with E-state index in [0.717, 1.165) is 5.39 Å². The van der Waals surface area contributed by atoms with Gasteiger partial charge < -0.3 is 9.52 Å². The Labute approximate surface area is 97.6 Å². The van der Waals surface area contributed by atoms with Gasteiger partial charge >= 0.3 is 5.97 Å². The molecule has 0 aliphatic carbocycles. The fraction of sp³-hybridized carbons (Fsp3) is 0.100. The molecule has 0 aliphatic rings. The van der Waals surface area contributed by atoms with Crippen LogP contribution in [0.3, 0.4) is 0 Å². The highest BCUT2D eigenvalue weighted by molar-refractivity contribution is 5.95. The summed E-state index contributed by atoms with van der Waals surface area (Å²) in [6.07, 6.45) is 0. The minimum absolute atomic E-state index is 0. The zero-order chi connectivity index (χ0) is 10.8. The summed E-state index contributed by atoms with van der Waals surface area (Å²) < 4.78 is 5.22. The van der Waals surface area contributed by atoms with Gasteiger partial charge in [-0.3, -0.25) is 11.3 Å². The van der Waals surface area contributed by atoms with Gasteiger partial charge in [0.05, 0.1) is 0 Å². The fourth-order valence-electron chi connectivity index (χ4n) is 1.55. The molecular formula is C10H11ClN2O3. The van der Waals surface area contributed by atoms with Gasteiger partial charge in [0.1, 0.15) is 5.58 Å². The van der Waals surface area contributed by atoms with E-state index >= 15 is 0 Å². The molecule has 1 heterocycles. The number of carboxylic acids is 1. The summed E-state index contributed by atoms with van der Waals surface area (Å²) in [5, 5.41) is 9.70. The van der Waals surface area contributed by atoms with E-state index in [1.54, 1.807) is 18.2 Å². The first-order chi connectivity index (χ1) is 7.24. The van der Waals surface area contributed by atoms with Crippen LogP contribution in [0, 0.1) is 0 Å². The lowest BCUT2D eigenvalue weighted by Crippen LogP contribution is -2.21. The normalized spacial score (nSPS) is 10.1. The van der Waals surface area contributed by atoms with Crippen LogP contribution in [0.2, 0.25) is 0 Å². The minimum Gasteiger partial charge on any atom is -0.475 e. The van der Waals surface area contributed by atoms with Gasteiger partial charge in [0.15, 0.2) is 0 Å². The number of hydrazine groups is 1. The third-order valence-electron chi connectivity index (χ3n) is 2.17. The lowest BCUT2D eigenvalue weighted by atomic mass is 10.1. The Kier molecular flexibility index (Phi) is 3.89. The number of hydrogen-bond donors (Lipinski definition) is 3. The van der Waals surface area contributed by atoms with Crippen molar-refractivity contribution in [1.82, 2.24) is 5.43 Å². The highest BCUT2D eigenvalue weighted by atomic mass is 35.5. The van der Waals surface area contributed by atoms with E-state index in [2.05, 4.69) is 5.43 Å². The van der Waals surface area contributed by atoms with Crippen LogP contribution in [-0.4, -0.2) is 11.1 Å². The van der Waals surface area contributed by atoms with Crippen molar-refractivity contribution in [3.05, 3.63) is 35.6 Å². The highest BCUT2D eigenvalue weighted by Crippen LogP contribution is 2.25. The van der Waals surface area contributed by atoms with E-state index in [-0.39, 0.29) is 24.7 Å². The van der Waals surface area contributed by atoms with Crippen LogP contribution >= 0.6 is 12.4 Å². The molecule has 0 atom stereocenters. The molecule has 2 aromatic rings. The largest absolute Gasteiger partial charge is 0.475 e. The van der Waals surface area contributed by atoms with E-state index in [1.165, 1.54) is 0 Å². The lowest BCUT2D eigenvalue weighted by molar-refractivity contribution is 0.0663. The molecule has 0 bridgehead atoms. The van der Waals surface area contributed by atoms with E-state index in [1.807, 2.05) is 6.07 Å². The lowest BCUT2D eigenvalue weighted by Gasteiger charge is -1.97. The Hall–Kier alpha value is -1.56. The summed E-state index contributed by atoms with van der Waals surface area (Å²) in [4.78, 5) is 10.9. The van der Waals surface area contributed by atoms with Gasteiger partial charge in [-0.1, -0.05) is 18.2 Å². The summed E-state index contributed by atoms with van der Waals surface area (Å²) in [6, 6.07) is 7.14. The summed E-state index contributed by atoms with van der Waals surface area (Å²) in [7, 11) is 0. The number of carboxylic acid groups (broad SMARTS) is 1. The second-order valence-corrected chi connectivity index (χ2v) is 3.09. The fourth-order valence-corrected chi connectivity index (χ4v) is 1.55. The van der Waals surface area contributed by atoms with Crippen molar-refractivity contribution >= 4 is 29.3 Å². The summed E-state index contributed by atoms with van der Waals surface area (Å²) in [5.74, 6) is 4.05. The molecule has 0 saturated carbocycles. The molecule has 86 valence electrons. The molecule has 16 heavy (non-hydrogen) atoms. The number of para-hydroxylation sites is 1. The van der Waals surface area contributed by atoms with Crippen molar-refractivity contribution < 1.29 is 14.3 Å². The summed E-state index contributed by atoms with van der Waals surface area (Å²) >= 11 is 0. The van der Waals surface area contributed by atoms with Crippen molar-refractivity contribution in [2.45, 2.75) is 6.54 Å². The second-order valence-electron chi connectivity index (χ2n) is 3.09. The van der Waals surface area contributed by atoms with Crippen LogP contribution in [0.25, 0.3) is 11.0 Å². The zero-order valence-electron chi connectivity index (χ0n) is 8.27. The molecule has 0 fully saturated rings. The summed E-state index contributed by atoms with van der Waals surface area (Å²) in [5.41, 5.74) is 3.56. The maximum atomic E-state index is 10.9. The zero-order valence-corrected chi connectivity index (χ0v) is 9.08. The molecule has 1 aromatic heterocycles. The van der Waals surface area contributed by atoms with Crippen LogP contribution in [0.5, 0.6) is 0 Å². The molecule has 0 saturated heterocycles. The Morgan fingerprint density at radius 2 is 2.12 bits per heavy atom. The van der Waals surface area contributed by atoms with Crippen molar-refractivity contribution in [1.29, 1.82) is 0 Å². The smallest absolute Gasteiger partial charge is 0.372 e. The number of furan rings is 1. The van der Waals surface area contributed by atoms with Crippen LogP contribution < -0.4 is 11.3 Å². The second kappa shape index (κ2) is 4.98. The minimum atomic E-state index is -1.09. The average molecular weight is 243 g/mol. The molecular weight excluding hydrogens is 232 g/mol. The van der Waals surface area contributed by atoms with E-state index in [9.17, 15) is 4.79 Å². The molecule has 1 aromatic carbocycles. The van der Waals surface area contributed by atoms with Crippen molar-refractivity contribution in [3.8, 4) is 0 Å². The molecule has 0 unspecified atom stereocenters. The predicted octanol–water partition coefficient (Wildman–Crippen LogP) is 1.52. The number of fused-ring (bicyclic) bond motifs is 1. The maximum Gasteiger partial charge on any atom is 0.372 e. The van der Waals surface area contributed by atoms with E-state index in [0.29, 0.717) is 11.1 Å². The average Bonchev–Trinajstić information content (AvgIpc) is 2.58. The maximum absolute atomic E-state index is 10.9. The van der Waals surface area contributed by atoms with Gasteiger partial charge in [-0.2, -0.15) is 0 Å². The molecule has 0 aliphatic heterocycles. The monoisotopic (exact) mass is 242 g/mol. The highest BCUT2D eigenvalue weighted by Gasteiger charge is 2.18. The first-order valence-corrected chi connectivity index (χ1v) is 4.41. The molecule has 4 N–H and O–H groups in total. The number of aromatic carboxylic acids is 1. The number of nitrogens with one attached hydrogen (secondary N) is 1. The molecule has 0 spiro atoms. The van der Waals surface area contributed by atoms with Crippen molar-refractivity contribution in [3.63, 3.8) is 0 Å². The molecule has 0 amide bonds. The van der Waals surface area contributed by atoms with Gasteiger partial charge in [0.2, 0.25) is 5.76 Å². The Balaban J connectivity index is 0.00000128. The Morgan fingerprint density at radius 3 is 2.75 bits per heavy atom. The third kappa shape index (κ3) is 2.01. The number of rotatable bonds is 3. The van der Waals surface area contributed by atoms with Crippen LogP contribution in [0.15, 0.2) is 28.7 Å². The van der Waals surface area contributed by atoms with Gasteiger partial charge in [-0.25, -0.2) is 4.79 Å². The van der Waals surface area contributed by atoms with Crippen LogP contribution in [-0.2, 0) is 6.54 Å². The standard InChI is InChI=1S/C10H10N2O3.ClH/c11-12-5-7-6-3-1-2-4-8(6)15-9(7)10(13)14;/h1-4,12H,5,11H2,(H,13,14);1H. The number of hydrogen-bond acceptors (Lipinski definition) is 4. The first-order valence-electron chi connectivity index (χ1n) is 4.41. The molecule has 5 nitrogen and oxygen atoms in total.